The van der Waals surface area contributed by atoms with Gasteiger partial charge in [-0.15, -0.1) is 0 Å². The minimum atomic E-state index is -0.0780. The van der Waals surface area contributed by atoms with Gasteiger partial charge in [0.1, 0.15) is 0 Å². The highest BCUT2D eigenvalue weighted by atomic mass is 16.3. The van der Waals surface area contributed by atoms with E-state index in [9.17, 15) is 4.79 Å². The summed E-state index contributed by atoms with van der Waals surface area (Å²) in [4.78, 5) is 14.4. The van der Waals surface area contributed by atoms with Crippen molar-refractivity contribution in [2.75, 3.05) is 18.5 Å². The van der Waals surface area contributed by atoms with Gasteiger partial charge in [0.25, 0.3) is 5.56 Å². The Hall–Kier alpha value is -1.81. The number of aliphatic hydroxyl groups excluding tert-OH is 1. The normalized spacial score (nSPS) is 10.6. The van der Waals surface area contributed by atoms with E-state index in [-0.39, 0.29) is 12.2 Å². The first kappa shape index (κ1) is 10.7. The zero-order chi connectivity index (χ0) is 11.5. The van der Waals surface area contributed by atoms with E-state index < -0.39 is 0 Å². The molecule has 2 rings (SSSR count). The lowest BCUT2D eigenvalue weighted by Gasteiger charge is -2.08. The van der Waals surface area contributed by atoms with Gasteiger partial charge in [-0.3, -0.25) is 4.79 Å². The number of pyridine rings is 1. The summed E-state index contributed by atoms with van der Waals surface area (Å²) in [5.41, 5.74) is 2.24. The fraction of sp³-hybridized carbons (Fsp3) is 0.250. The number of rotatable bonds is 3. The van der Waals surface area contributed by atoms with Gasteiger partial charge in [-0.05, 0) is 19.1 Å². The molecule has 0 bridgehead atoms. The number of hydrogen-bond donors (Lipinski definition) is 3. The van der Waals surface area contributed by atoms with Gasteiger partial charge < -0.3 is 15.4 Å². The number of fused-ring (bicyclic) bond motifs is 1. The molecule has 84 valence electrons. The Balaban J connectivity index is 2.58. The second-order valence-electron chi connectivity index (χ2n) is 3.70. The topological polar surface area (TPSA) is 65.1 Å². The second-order valence-corrected chi connectivity index (χ2v) is 3.70. The summed E-state index contributed by atoms with van der Waals surface area (Å²) in [6.45, 7) is 2.31. The highest BCUT2D eigenvalue weighted by Crippen LogP contribution is 2.20. The second kappa shape index (κ2) is 4.37. The van der Waals surface area contributed by atoms with Gasteiger partial charge >= 0.3 is 0 Å². The quantitative estimate of drug-likeness (QED) is 0.726. The van der Waals surface area contributed by atoms with Crippen molar-refractivity contribution in [3.05, 3.63) is 40.2 Å². The lowest BCUT2D eigenvalue weighted by atomic mass is 10.1. The molecule has 2 aromatic rings. The third-order valence-corrected chi connectivity index (χ3v) is 2.49. The lowest BCUT2D eigenvalue weighted by molar-refractivity contribution is 0.311. The fourth-order valence-corrected chi connectivity index (χ4v) is 1.68. The van der Waals surface area contributed by atoms with Crippen LogP contribution in [-0.2, 0) is 0 Å². The molecule has 0 saturated heterocycles. The van der Waals surface area contributed by atoms with Crippen molar-refractivity contribution in [2.45, 2.75) is 6.92 Å². The predicted octanol–water partition coefficient (Wildman–Crippen LogP) is 1.24. The Bertz CT molecular complexity index is 560. The lowest BCUT2D eigenvalue weighted by Crippen LogP contribution is -2.11. The van der Waals surface area contributed by atoms with E-state index in [1.807, 2.05) is 24.3 Å². The molecule has 0 aliphatic heterocycles. The first-order chi connectivity index (χ1) is 7.72. The van der Waals surface area contributed by atoms with Crippen LogP contribution in [0, 0.1) is 6.92 Å². The molecule has 4 heteroatoms. The van der Waals surface area contributed by atoms with Crippen LogP contribution in [-0.4, -0.2) is 23.2 Å². The molecule has 0 radical (unpaired) electrons. The van der Waals surface area contributed by atoms with Crippen molar-refractivity contribution in [1.82, 2.24) is 4.98 Å². The SMILES string of the molecule is Cc1cc2cccc(NCCO)c2[nH]c1=O. The van der Waals surface area contributed by atoms with Gasteiger partial charge in [-0.25, -0.2) is 0 Å². The van der Waals surface area contributed by atoms with Crippen molar-refractivity contribution in [1.29, 1.82) is 0 Å². The molecule has 16 heavy (non-hydrogen) atoms. The molecule has 0 amide bonds. The summed E-state index contributed by atoms with van der Waals surface area (Å²) in [6, 6.07) is 7.60. The van der Waals surface area contributed by atoms with Gasteiger partial charge in [0.05, 0.1) is 17.8 Å². The van der Waals surface area contributed by atoms with Gasteiger partial charge in [0.15, 0.2) is 0 Å². The molecule has 0 saturated carbocycles. The zero-order valence-electron chi connectivity index (χ0n) is 9.08. The van der Waals surface area contributed by atoms with Crippen LogP contribution in [0.4, 0.5) is 5.69 Å². The van der Waals surface area contributed by atoms with Crippen LogP contribution >= 0.6 is 0 Å². The van der Waals surface area contributed by atoms with E-state index in [1.165, 1.54) is 0 Å². The number of para-hydroxylation sites is 1. The molecule has 1 aromatic carbocycles. The molecule has 0 aliphatic rings. The summed E-state index contributed by atoms with van der Waals surface area (Å²) in [5.74, 6) is 0. The molecule has 0 spiro atoms. The van der Waals surface area contributed by atoms with Crippen molar-refractivity contribution in [3.8, 4) is 0 Å². The molecule has 0 aliphatic carbocycles. The molecule has 0 atom stereocenters. The standard InChI is InChI=1S/C12H14N2O2/c1-8-7-9-3-2-4-10(13-5-6-15)11(9)14-12(8)16/h2-4,7,13,15H,5-6H2,1H3,(H,14,16). The maximum atomic E-state index is 11.5. The molecular weight excluding hydrogens is 204 g/mol. The van der Waals surface area contributed by atoms with Crippen molar-refractivity contribution >= 4 is 16.6 Å². The van der Waals surface area contributed by atoms with E-state index >= 15 is 0 Å². The minimum absolute atomic E-state index is 0.0620. The zero-order valence-corrected chi connectivity index (χ0v) is 9.08. The van der Waals surface area contributed by atoms with E-state index in [0.717, 1.165) is 16.6 Å². The Kier molecular flexibility index (Phi) is 2.92. The summed E-state index contributed by atoms with van der Waals surface area (Å²) in [5, 5.41) is 12.8. The number of aryl methyl sites for hydroxylation is 1. The van der Waals surface area contributed by atoms with Crippen LogP contribution in [0.1, 0.15) is 5.56 Å². The third kappa shape index (κ3) is 1.92. The number of aliphatic hydroxyl groups is 1. The molecule has 1 heterocycles. The monoisotopic (exact) mass is 218 g/mol. The Labute approximate surface area is 92.9 Å². The van der Waals surface area contributed by atoms with Gasteiger partial charge in [-0.2, -0.15) is 0 Å². The summed E-state index contributed by atoms with van der Waals surface area (Å²) in [7, 11) is 0. The van der Waals surface area contributed by atoms with Gasteiger partial charge in [-0.1, -0.05) is 12.1 Å². The molecule has 3 N–H and O–H groups in total. The van der Waals surface area contributed by atoms with Crippen molar-refractivity contribution < 1.29 is 5.11 Å². The summed E-state index contributed by atoms with van der Waals surface area (Å²) in [6.07, 6.45) is 0. The van der Waals surface area contributed by atoms with Crippen LogP contribution in [0.5, 0.6) is 0 Å². The van der Waals surface area contributed by atoms with Crippen LogP contribution in [0.3, 0.4) is 0 Å². The number of benzene rings is 1. The van der Waals surface area contributed by atoms with E-state index in [4.69, 9.17) is 5.11 Å². The Morgan fingerprint density at radius 1 is 1.44 bits per heavy atom. The predicted molar refractivity (Wildman–Crippen MR) is 64.9 cm³/mol. The van der Waals surface area contributed by atoms with E-state index in [1.54, 1.807) is 6.92 Å². The fourth-order valence-electron chi connectivity index (χ4n) is 1.68. The minimum Gasteiger partial charge on any atom is -0.395 e. The number of aromatic amines is 1. The first-order valence-corrected chi connectivity index (χ1v) is 5.20. The maximum Gasteiger partial charge on any atom is 0.251 e. The summed E-state index contributed by atoms with van der Waals surface area (Å²) >= 11 is 0. The average molecular weight is 218 g/mol. The van der Waals surface area contributed by atoms with Crippen LogP contribution in [0.25, 0.3) is 10.9 Å². The van der Waals surface area contributed by atoms with E-state index in [2.05, 4.69) is 10.3 Å². The highest BCUT2D eigenvalue weighted by molar-refractivity contribution is 5.90. The number of aromatic nitrogens is 1. The van der Waals surface area contributed by atoms with E-state index in [0.29, 0.717) is 12.1 Å². The maximum absolute atomic E-state index is 11.5. The Morgan fingerprint density at radius 3 is 3.00 bits per heavy atom. The molecule has 0 unspecified atom stereocenters. The average Bonchev–Trinajstić information content (AvgIpc) is 2.28. The third-order valence-electron chi connectivity index (χ3n) is 2.49. The smallest absolute Gasteiger partial charge is 0.251 e. The molecule has 0 fully saturated rings. The highest BCUT2D eigenvalue weighted by Gasteiger charge is 2.02. The van der Waals surface area contributed by atoms with Crippen molar-refractivity contribution in [3.63, 3.8) is 0 Å². The number of anilines is 1. The molecular formula is C12H14N2O2. The molecule has 4 nitrogen and oxygen atoms in total. The number of H-pyrrole nitrogens is 1. The van der Waals surface area contributed by atoms with Crippen LogP contribution < -0.4 is 10.9 Å². The molecule has 1 aromatic heterocycles. The van der Waals surface area contributed by atoms with Gasteiger partial charge in [0.2, 0.25) is 0 Å². The van der Waals surface area contributed by atoms with Crippen LogP contribution in [0.2, 0.25) is 0 Å². The summed E-state index contributed by atoms with van der Waals surface area (Å²) < 4.78 is 0. The van der Waals surface area contributed by atoms with Gasteiger partial charge in [0, 0.05) is 17.5 Å². The largest absolute Gasteiger partial charge is 0.395 e. The van der Waals surface area contributed by atoms with Crippen molar-refractivity contribution in [2.24, 2.45) is 0 Å². The first-order valence-electron chi connectivity index (χ1n) is 5.20. The van der Waals surface area contributed by atoms with Crippen LogP contribution in [0.15, 0.2) is 29.1 Å². The number of nitrogens with one attached hydrogen (secondary N) is 2. The Morgan fingerprint density at radius 2 is 2.25 bits per heavy atom. The number of hydrogen-bond acceptors (Lipinski definition) is 3.